The van der Waals surface area contributed by atoms with E-state index in [1.165, 1.54) is 0 Å². The number of nitrogens with zero attached hydrogens (tertiary/aromatic N) is 1. The molecule has 0 saturated carbocycles. The Bertz CT molecular complexity index is 267. The Morgan fingerprint density at radius 3 is 2.80 bits per heavy atom. The second kappa shape index (κ2) is 4.48. The van der Waals surface area contributed by atoms with Crippen LogP contribution in [0.5, 0.6) is 0 Å². The summed E-state index contributed by atoms with van der Waals surface area (Å²) in [4.78, 5) is 23.4. The van der Waals surface area contributed by atoms with Crippen LogP contribution in [0.1, 0.15) is 13.8 Å². The first-order chi connectivity index (χ1) is 6.99. The number of rotatable bonds is 2. The molecule has 0 spiro atoms. The molecular weight excluding hydrogens is 202 g/mol. The number of carbonyl (C=O) groups is 2. The van der Waals surface area contributed by atoms with Crippen LogP contribution in [0.15, 0.2) is 0 Å². The first-order valence-electron chi connectivity index (χ1n) is 4.78. The van der Waals surface area contributed by atoms with Crippen molar-refractivity contribution in [1.82, 2.24) is 4.90 Å². The van der Waals surface area contributed by atoms with Crippen LogP contribution in [0.3, 0.4) is 0 Å². The van der Waals surface area contributed by atoms with Crippen LogP contribution in [0.25, 0.3) is 0 Å². The zero-order chi connectivity index (χ0) is 11.5. The van der Waals surface area contributed by atoms with Gasteiger partial charge in [0.1, 0.15) is 0 Å². The zero-order valence-corrected chi connectivity index (χ0v) is 8.86. The third kappa shape index (κ3) is 2.59. The van der Waals surface area contributed by atoms with Gasteiger partial charge in [-0.1, -0.05) is 0 Å². The van der Waals surface area contributed by atoms with Gasteiger partial charge in [0.05, 0.1) is 19.8 Å². The molecule has 86 valence electrons. The highest BCUT2D eigenvalue weighted by molar-refractivity contribution is 5.80. The van der Waals surface area contributed by atoms with E-state index in [0.29, 0.717) is 0 Å². The van der Waals surface area contributed by atoms with Crippen LogP contribution in [0.2, 0.25) is 0 Å². The predicted octanol–water partition coefficient (Wildman–Crippen LogP) is 0.318. The number of hydrogen-bond acceptors (Lipinski definition) is 4. The van der Waals surface area contributed by atoms with E-state index < -0.39 is 17.7 Å². The monoisotopic (exact) mass is 217 g/mol. The maximum Gasteiger partial charge on any atom is 0.407 e. The Balaban J connectivity index is 2.67. The van der Waals surface area contributed by atoms with Crippen molar-refractivity contribution in [3.63, 3.8) is 0 Å². The zero-order valence-electron chi connectivity index (χ0n) is 8.86. The molecule has 1 aliphatic heterocycles. The number of amides is 1. The van der Waals surface area contributed by atoms with Crippen LogP contribution in [0.4, 0.5) is 4.79 Å². The summed E-state index contributed by atoms with van der Waals surface area (Å²) in [5.41, 5.74) is -1.17. The molecule has 1 amide bonds. The molecule has 1 atom stereocenters. The maximum absolute atomic E-state index is 11.5. The van der Waals surface area contributed by atoms with E-state index in [-0.39, 0.29) is 26.3 Å². The molecule has 0 radical (unpaired) electrons. The van der Waals surface area contributed by atoms with Gasteiger partial charge in [0.2, 0.25) is 0 Å². The van der Waals surface area contributed by atoms with E-state index in [4.69, 9.17) is 14.6 Å². The smallest absolute Gasteiger partial charge is 0.407 e. The lowest BCUT2D eigenvalue weighted by molar-refractivity contribution is -0.178. The average molecular weight is 217 g/mol. The molecule has 1 aliphatic rings. The molecule has 1 rings (SSSR count). The highest BCUT2D eigenvalue weighted by atomic mass is 16.6. The average Bonchev–Trinajstić information content (AvgIpc) is 2.18. The maximum atomic E-state index is 11.5. The highest BCUT2D eigenvalue weighted by Crippen LogP contribution is 2.19. The van der Waals surface area contributed by atoms with Gasteiger partial charge in [0.15, 0.2) is 5.60 Å². The molecule has 1 unspecified atom stereocenters. The van der Waals surface area contributed by atoms with Gasteiger partial charge in [-0.2, -0.15) is 0 Å². The molecule has 6 heteroatoms. The Labute approximate surface area is 87.8 Å². The fraction of sp³-hybridized carbons (Fsp3) is 0.778. The fourth-order valence-corrected chi connectivity index (χ4v) is 1.44. The second-order valence-electron chi connectivity index (χ2n) is 3.50. The minimum absolute atomic E-state index is 0.0150. The molecule has 0 aliphatic carbocycles. The van der Waals surface area contributed by atoms with Crippen molar-refractivity contribution in [3.05, 3.63) is 0 Å². The quantitative estimate of drug-likeness (QED) is 0.674. The van der Waals surface area contributed by atoms with Gasteiger partial charge in [0, 0.05) is 6.54 Å². The van der Waals surface area contributed by atoms with E-state index in [2.05, 4.69) is 0 Å². The lowest BCUT2D eigenvalue weighted by atomic mass is 10.1. The molecule has 6 nitrogen and oxygen atoms in total. The molecule has 0 bridgehead atoms. The van der Waals surface area contributed by atoms with Crippen molar-refractivity contribution >= 4 is 12.1 Å². The summed E-state index contributed by atoms with van der Waals surface area (Å²) >= 11 is 0. The van der Waals surface area contributed by atoms with Gasteiger partial charge in [-0.15, -0.1) is 0 Å². The minimum atomic E-state index is -1.17. The Kier molecular flexibility index (Phi) is 3.52. The summed E-state index contributed by atoms with van der Waals surface area (Å²) in [6, 6.07) is 0. The van der Waals surface area contributed by atoms with E-state index in [1.54, 1.807) is 13.8 Å². The lowest BCUT2D eigenvalue weighted by Crippen LogP contribution is -2.56. The van der Waals surface area contributed by atoms with Gasteiger partial charge >= 0.3 is 12.1 Å². The predicted molar refractivity (Wildman–Crippen MR) is 50.6 cm³/mol. The van der Waals surface area contributed by atoms with Crippen molar-refractivity contribution < 1.29 is 24.2 Å². The number of ether oxygens (including phenoxy) is 2. The summed E-state index contributed by atoms with van der Waals surface area (Å²) in [5.74, 6) is -0.518. The largest absolute Gasteiger partial charge is 0.465 e. The van der Waals surface area contributed by atoms with Crippen molar-refractivity contribution in [2.75, 3.05) is 26.3 Å². The first-order valence-corrected chi connectivity index (χ1v) is 4.78. The third-order valence-corrected chi connectivity index (χ3v) is 2.25. The Morgan fingerprint density at radius 1 is 1.60 bits per heavy atom. The SMILES string of the molecule is CCOC(=O)C1(C)CN(C(=O)O)CCO1. The van der Waals surface area contributed by atoms with Crippen molar-refractivity contribution in [1.29, 1.82) is 0 Å². The van der Waals surface area contributed by atoms with Gasteiger partial charge in [0.25, 0.3) is 0 Å². The number of carbonyl (C=O) groups excluding carboxylic acids is 1. The standard InChI is InChI=1S/C9H15NO5/c1-3-14-7(11)9(2)6-10(8(12)13)4-5-15-9/h3-6H2,1-2H3,(H,12,13). The normalized spacial score (nSPS) is 26.1. The molecule has 0 aromatic rings. The number of hydrogen-bond donors (Lipinski definition) is 1. The topological polar surface area (TPSA) is 76.1 Å². The molecule has 1 heterocycles. The van der Waals surface area contributed by atoms with E-state index in [1.807, 2.05) is 0 Å². The Morgan fingerprint density at radius 2 is 2.27 bits per heavy atom. The third-order valence-electron chi connectivity index (χ3n) is 2.25. The summed E-state index contributed by atoms with van der Waals surface area (Å²) in [5, 5.41) is 8.80. The van der Waals surface area contributed by atoms with Crippen molar-refractivity contribution in [2.24, 2.45) is 0 Å². The number of morpholine rings is 1. The van der Waals surface area contributed by atoms with E-state index in [0.717, 1.165) is 4.90 Å². The molecule has 0 aromatic heterocycles. The van der Waals surface area contributed by atoms with Gasteiger partial charge in [-0.3, -0.25) is 0 Å². The van der Waals surface area contributed by atoms with Crippen LogP contribution >= 0.6 is 0 Å². The highest BCUT2D eigenvalue weighted by Gasteiger charge is 2.42. The van der Waals surface area contributed by atoms with Crippen LogP contribution in [-0.2, 0) is 14.3 Å². The van der Waals surface area contributed by atoms with Crippen LogP contribution in [0, 0.1) is 0 Å². The molecule has 15 heavy (non-hydrogen) atoms. The summed E-state index contributed by atoms with van der Waals surface area (Å²) < 4.78 is 10.1. The van der Waals surface area contributed by atoms with E-state index in [9.17, 15) is 9.59 Å². The van der Waals surface area contributed by atoms with Crippen molar-refractivity contribution in [3.8, 4) is 0 Å². The van der Waals surface area contributed by atoms with Gasteiger partial charge in [-0.05, 0) is 13.8 Å². The number of carboxylic acid groups (broad SMARTS) is 1. The molecule has 0 aromatic carbocycles. The summed E-state index contributed by atoms with van der Waals surface area (Å²) in [6.45, 7) is 4.00. The van der Waals surface area contributed by atoms with Gasteiger partial charge < -0.3 is 19.5 Å². The van der Waals surface area contributed by atoms with E-state index >= 15 is 0 Å². The van der Waals surface area contributed by atoms with Crippen molar-refractivity contribution in [2.45, 2.75) is 19.4 Å². The fourth-order valence-electron chi connectivity index (χ4n) is 1.44. The minimum Gasteiger partial charge on any atom is -0.465 e. The number of esters is 1. The molecular formula is C9H15NO5. The molecule has 1 fully saturated rings. The summed E-state index contributed by atoms with van der Waals surface area (Å²) in [6.07, 6.45) is -1.05. The molecule has 1 saturated heterocycles. The van der Waals surface area contributed by atoms with Crippen LogP contribution < -0.4 is 0 Å². The van der Waals surface area contributed by atoms with Gasteiger partial charge in [-0.25, -0.2) is 9.59 Å². The Hall–Kier alpha value is -1.30. The first kappa shape index (κ1) is 11.8. The molecule has 1 N–H and O–H groups in total. The second-order valence-corrected chi connectivity index (χ2v) is 3.50. The summed E-state index contributed by atoms with van der Waals surface area (Å²) in [7, 11) is 0. The lowest BCUT2D eigenvalue weighted by Gasteiger charge is -2.36. The van der Waals surface area contributed by atoms with Crippen LogP contribution in [-0.4, -0.2) is 54.0 Å².